The van der Waals surface area contributed by atoms with E-state index < -0.39 is 136 Å². The van der Waals surface area contributed by atoms with Gasteiger partial charge in [0.25, 0.3) is 0 Å². The Balaban J connectivity index is 1.30. The third-order valence-corrected chi connectivity index (χ3v) is 18.5. The fraction of sp³-hybridized carbons (Fsp3) is 0.873. The SMILES string of the molecule is CC(=O)NC1C(OCCCC(=O)CCCCCCCNC(=O)OCCCC(C)(CCCOC(=O)CCCCCCCNC(=O)CCCOC2OC(CO)C(O)C(O)C2NC(C)=O)CCCOC(=O)CCCCCCCNC(=O)CCCOC2OC(CO)C(O)C(O)C2NC(C)=O)OC(CO)C(O)C1O. The number of hydrogen-bond donors (Lipinski definition) is 15. The predicted molar refractivity (Wildman–Crippen MR) is 373 cm³/mol. The van der Waals surface area contributed by atoms with E-state index in [0.717, 1.165) is 77.0 Å². The van der Waals surface area contributed by atoms with Crippen LogP contribution in [-0.4, -0.2) is 270 Å². The number of ether oxygens (including phenoxy) is 9. The maximum Gasteiger partial charge on any atom is 0.407 e. The van der Waals surface area contributed by atoms with E-state index in [0.29, 0.717) is 103 Å². The molecule has 3 saturated heterocycles. The van der Waals surface area contributed by atoms with Gasteiger partial charge in [0.15, 0.2) is 18.9 Å². The minimum absolute atomic E-state index is 0.0649. The number of rotatable bonds is 57. The highest BCUT2D eigenvalue weighted by Crippen LogP contribution is 2.35. The van der Waals surface area contributed by atoms with Crippen LogP contribution in [0.4, 0.5) is 4.79 Å². The highest BCUT2D eigenvalue weighted by Gasteiger charge is 2.48. The second kappa shape index (κ2) is 54.2. The summed E-state index contributed by atoms with van der Waals surface area (Å²) in [5.74, 6) is -2.24. The lowest BCUT2D eigenvalue weighted by Crippen LogP contribution is -2.64. The van der Waals surface area contributed by atoms with Crippen LogP contribution >= 0.6 is 0 Å². The van der Waals surface area contributed by atoms with E-state index in [-0.39, 0.29) is 107 Å². The minimum Gasteiger partial charge on any atom is -0.466 e. The molecule has 104 heavy (non-hydrogen) atoms. The predicted octanol–water partition coefficient (Wildman–Crippen LogP) is 1.19. The molecule has 15 unspecified atom stereocenters. The van der Waals surface area contributed by atoms with Gasteiger partial charge in [0.1, 0.15) is 78.8 Å². The van der Waals surface area contributed by atoms with Gasteiger partial charge in [-0.3, -0.25) is 38.4 Å². The van der Waals surface area contributed by atoms with Crippen LogP contribution < -0.4 is 31.9 Å². The number of unbranched alkanes of at least 4 members (excludes halogenated alkanes) is 12. The van der Waals surface area contributed by atoms with E-state index >= 15 is 0 Å². The quantitative estimate of drug-likeness (QED) is 0.0231. The molecule has 33 nitrogen and oxygen atoms in total. The molecule has 0 aliphatic carbocycles. The average molecular weight is 1500 g/mol. The molecule has 6 amide bonds. The summed E-state index contributed by atoms with van der Waals surface area (Å²) in [6.45, 7) is 6.47. The molecular weight excluding hydrogens is 1370 g/mol. The van der Waals surface area contributed by atoms with E-state index in [1.54, 1.807) is 0 Å². The number of amides is 6. The molecule has 3 aliphatic heterocycles. The molecule has 602 valence electrons. The monoisotopic (exact) mass is 1490 g/mol. The Bertz CT molecular complexity index is 2200. The van der Waals surface area contributed by atoms with Crippen LogP contribution in [0.2, 0.25) is 0 Å². The zero-order chi connectivity index (χ0) is 76.7. The summed E-state index contributed by atoms with van der Waals surface area (Å²) in [5.41, 5.74) is -0.245. The maximum absolute atomic E-state index is 12.7. The molecule has 15 N–H and O–H groups in total. The van der Waals surface area contributed by atoms with Crippen LogP contribution in [0.1, 0.15) is 220 Å². The van der Waals surface area contributed by atoms with Gasteiger partial charge < -0.3 is 120 Å². The summed E-state index contributed by atoms with van der Waals surface area (Å²) in [5, 5.41) is 106. The van der Waals surface area contributed by atoms with Gasteiger partial charge in [-0.15, -0.1) is 0 Å². The van der Waals surface area contributed by atoms with Gasteiger partial charge in [0, 0.05) is 78.9 Å². The first-order chi connectivity index (χ1) is 49.8. The van der Waals surface area contributed by atoms with Crippen molar-refractivity contribution < 1.29 is 132 Å². The van der Waals surface area contributed by atoms with E-state index in [1.807, 2.05) is 0 Å². The van der Waals surface area contributed by atoms with Crippen LogP contribution in [-0.2, 0) is 81.0 Å². The zero-order valence-corrected chi connectivity index (χ0v) is 61.7. The average Bonchev–Trinajstić information content (AvgIpc) is 0.822. The number of aliphatic hydroxyl groups is 9. The van der Waals surface area contributed by atoms with Gasteiger partial charge in [-0.25, -0.2) is 4.79 Å². The molecular formula is C71H126N6O27. The molecule has 33 heteroatoms. The standard InChI is InChI=1S/C71H126N6O27/c1-47(81)75-58-64(92)61(89)51(44-78)102-67(58)98-38-20-27-50(84)26-14-8-5-13-19-37-74-70(95)101-43-25-34-71(4,32-23-41-96-56(87)30-15-9-6-11-17-35-72-54(85)28-21-39-99-68-59(76-48(2)82)65(93)62(90)52(45-79)103-68)33-24-42-97-57(88)31-16-10-7-12-18-36-73-55(86)29-22-40-100-69-60(77-49(3)83)66(94)63(91)53(46-80)104-69/h51-53,58-69,78-80,89-94H,5-46H2,1-4H3,(H,72,85)(H,73,86)(H,74,95)(H,75,81)(H,76,82)(H,77,83). The first-order valence-electron chi connectivity index (χ1n) is 37.6. The Morgan fingerprint density at radius 3 is 0.990 bits per heavy atom. The zero-order valence-electron chi connectivity index (χ0n) is 61.7. The number of aliphatic hydroxyl groups excluding tert-OH is 9. The Morgan fingerprint density at radius 1 is 0.346 bits per heavy atom. The Kier molecular flexibility index (Phi) is 48.4. The topological polar surface area (TPSA) is 491 Å². The van der Waals surface area contributed by atoms with Gasteiger partial charge >= 0.3 is 18.0 Å². The summed E-state index contributed by atoms with van der Waals surface area (Å²) < 4.78 is 50.4. The van der Waals surface area contributed by atoms with Crippen molar-refractivity contribution in [3.05, 3.63) is 0 Å². The van der Waals surface area contributed by atoms with Crippen molar-refractivity contribution >= 4 is 53.4 Å². The van der Waals surface area contributed by atoms with Crippen LogP contribution in [0.5, 0.6) is 0 Å². The molecule has 15 atom stereocenters. The molecule has 0 aromatic rings. The number of carbonyl (C=O) groups excluding carboxylic acids is 9. The van der Waals surface area contributed by atoms with Crippen LogP contribution in [0.15, 0.2) is 0 Å². The maximum atomic E-state index is 12.7. The number of esters is 2. The summed E-state index contributed by atoms with van der Waals surface area (Å²) in [7, 11) is 0. The summed E-state index contributed by atoms with van der Waals surface area (Å²) in [6.07, 6.45) is 2.59. The molecule has 0 aromatic carbocycles. The third-order valence-electron chi connectivity index (χ3n) is 18.5. The van der Waals surface area contributed by atoms with Crippen molar-refractivity contribution in [2.24, 2.45) is 5.41 Å². The van der Waals surface area contributed by atoms with Gasteiger partial charge in [0.2, 0.25) is 29.5 Å². The minimum atomic E-state index is -1.43. The molecule has 0 radical (unpaired) electrons. The molecule has 3 heterocycles. The second-order valence-corrected chi connectivity index (χ2v) is 27.6. The third kappa shape index (κ3) is 38.9. The molecule has 3 fully saturated rings. The van der Waals surface area contributed by atoms with Gasteiger partial charge in [0.05, 0.1) is 59.5 Å². The van der Waals surface area contributed by atoms with E-state index in [9.17, 15) is 89.1 Å². The first kappa shape index (κ1) is 92.8. The Morgan fingerprint density at radius 2 is 0.644 bits per heavy atom. The molecule has 0 aromatic heterocycles. The van der Waals surface area contributed by atoms with Crippen molar-refractivity contribution in [3.8, 4) is 0 Å². The fourth-order valence-electron chi connectivity index (χ4n) is 12.6. The highest BCUT2D eigenvalue weighted by atomic mass is 16.7. The Labute approximate surface area is 611 Å². The van der Waals surface area contributed by atoms with E-state index in [1.165, 1.54) is 20.8 Å². The molecule has 3 aliphatic rings. The number of alkyl carbamates (subject to hydrolysis) is 1. The van der Waals surface area contributed by atoms with Crippen molar-refractivity contribution in [2.45, 2.75) is 312 Å². The second-order valence-electron chi connectivity index (χ2n) is 27.6. The lowest BCUT2D eigenvalue weighted by Gasteiger charge is -2.42. The van der Waals surface area contributed by atoms with E-state index in [2.05, 4.69) is 38.8 Å². The van der Waals surface area contributed by atoms with Crippen molar-refractivity contribution in [1.82, 2.24) is 31.9 Å². The summed E-state index contributed by atoms with van der Waals surface area (Å²) >= 11 is 0. The normalized spacial score (nSPS) is 25.2. The number of carbonyl (C=O) groups is 9. The largest absolute Gasteiger partial charge is 0.466 e. The van der Waals surface area contributed by atoms with Crippen LogP contribution in [0.3, 0.4) is 0 Å². The van der Waals surface area contributed by atoms with Crippen LogP contribution in [0.25, 0.3) is 0 Å². The van der Waals surface area contributed by atoms with E-state index in [4.69, 9.17) is 42.6 Å². The summed E-state index contributed by atoms with van der Waals surface area (Å²) in [4.78, 5) is 110. The Hall–Kier alpha value is -5.37. The van der Waals surface area contributed by atoms with Crippen LogP contribution in [0, 0.1) is 5.41 Å². The molecule has 3 rings (SSSR count). The lowest BCUT2D eigenvalue weighted by molar-refractivity contribution is -0.270. The van der Waals surface area contributed by atoms with Gasteiger partial charge in [-0.1, -0.05) is 64.7 Å². The smallest absolute Gasteiger partial charge is 0.407 e. The fourth-order valence-corrected chi connectivity index (χ4v) is 12.6. The molecule has 0 bridgehead atoms. The van der Waals surface area contributed by atoms with Crippen molar-refractivity contribution in [3.63, 3.8) is 0 Å². The first-order valence-corrected chi connectivity index (χ1v) is 37.6. The van der Waals surface area contributed by atoms with Gasteiger partial charge in [-0.2, -0.15) is 0 Å². The highest BCUT2D eigenvalue weighted by molar-refractivity contribution is 5.78. The van der Waals surface area contributed by atoms with Crippen molar-refractivity contribution in [2.75, 3.05) is 79.1 Å². The summed E-state index contributed by atoms with van der Waals surface area (Å²) in [6, 6.07) is -3.18. The number of nitrogens with one attached hydrogen (secondary N) is 6. The lowest BCUT2D eigenvalue weighted by atomic mass is 9.77. The number of hydrogen-bond acceptors (Lipinski definition) is 27. The van der Waals surface area contributed by atoms with Crippen molar-refractivity contribution in [1.29, 1.82) is 0 Å². The molecule has 0 spiro atoms. The number of ketones is 1. The number of Topliss-reactive ketones (excluding diaryl/α,β-unsaturated/α-hetero) is 1. The van der Waals surface area contributed by atoms with Gasteiger partial charge in [-0.05, 0) is 102 Å². The molecule has 0 saturated carbocycles.